The van der Waals surface area contributed by atoms with E-state index in [9.17, 15) is 0 Å². The summed E-state index contributed by atoms with van der Waals surface area (Å²) in [6, 6.07) is 0. The smallest absolute Gasteiger partial charge is 0.195 e. The maximum Gasteiger partial charge on any atom is 0.195 e. The molecule has 1 aromatic rings. The Balaban J connectivity index is 2.48. The number of aliphatic hydroxyl groups is 1. The second-order valence-electron chi connectivity index (χ2n) is 2.95. The van der Waals surface area contributed by atoms with Gasteiger partial charge in [0, 0.05) is 6.54 Å². The lowest BCUT2D eigenvalue weighted by Crippen LogP contribution is -2.04. The fraction of sp³-hybridized carbons (Fsp3) is 0.750. The van der Waals surface area contributed by atoms with Crippen LogP contribution in [0.15, 0.2) is 0 Å². The molecule has 0 bridgehead atoms. The molecule has 0 amide bonds. The third-order valence-corrected chi connectivity index (χ3v) is 2.97. The van der Waals surface area contributed by atoms with Gasteiger partial charge in [-0.25, -0.2) is 0 Å². The van der Waals surface area contributed by atoms with E-state index in [1.54, 1.807) is 0 Å². The molecule has 0 aliphatic rings. The predicted molar refractivity (Wildman–Crippen MR) is 61.0 cm³/mol. The van der Waals surface area contributed by atoms with Crippen LogP contribution < -0.4 is 0 Å². The summed E-state index contributed by atoms with van der Waals surface area (Å²) in [5.41, 5.74) is 0. The number of thioether (sulfide) groups is 1. The molecule has 0 spiro atoms. The third-order valence-electron chi connectivity index (χ3n) is 1.96. The van der Waals surface area contributed by atoms with Gasteiger partial charge >= 0.3 is 0 Å². The van der Waals surface area contributed by atoms with Crippen LogP contribution in [-0.4, -0.2) is 31.9 Å². The largest absolute Gasteiger partial charge is 0.388 e. The molecule has 1 rings (SSSR count). The first-order valence-electron chi connectivity index (χ1n) is 4.53. The van der Waals surface area contributed by atoms with Gasteiger partial charge in [0.1, 0.15) is 6.61 Å². The molecule has 0 radical (unpaired) electrons. The summed E-state index contributed by atoms with van der Waals surface area (Å²) in [7, 11) is 0. The van der Waals surface area contributed by atoms with Crippen molar-refractivity contribution >= 4 is 24.0 Å². The zero-order valence-electron chi connectivity index (χ0n) is 8.19. The third kappa shape index (κ3) is 3.11. The normalized spacial score (nSPS) is 10.7. The van der Waals surface area contributed by atoms with Crippen LogP contribution in [0.2, 0.25) is 0 Å². The van der Waals surface area contributed by atoms with Crippen LogP contribution in [0, 0.1) is 4.77 Å². The molecule has 1 aromatic heterocycles. The number of aromatic nitrogens is 3. The second-order valence-corrected chi connectivity index (χ2v) is 4.33. The first-order valence-corrected chi connectivity index (χ1v) is 6.33. The van der Waals surface area contributed by atoms with Crippen molar-refractivity contribution in [1.29, 1.82) is 0 Å². The first-order chi connectivity index (χ1) is 6.79. The van der Waals surface area contributed by atoms with Gasteiger partial charge in [0.25, 0.3) is 0 Å². The van der Waals surface area contributed by atoms with Crippen LogP contribution in [0.1, 0.15) is 18.7 Å². The molecule has 0 saturated heterocycles. The molecule has 6 heteroatoms. The van der Waals surface area contributed by atoms with E-state index in [-0.39, 0.29) is 6.61 Å². The predicted octanol–water partition coefficient (Wildman–Crippen LogP) is 1.58. The Labute approximate surface area is 92.7 Å². The standard InChI is InChI=1S/C8H15N3OS2/c1-14-5-3-2-4-11-7(6-12)9-10-8(11)13/h12H,2-6H2,1H3,(H,10,13). The number of hydrogen-bond donors (Lipinski definition) is 2. The molecule has 0 aliphatic heterocycles. The highest BCUT2D eigenvalue weighted by Crippen LogP contribution is 2.04. The molecular weight excluding hydrogens is 218 g/mol. The van der Waals surface area contributed by atoms with Gasteiger partial charge < -0.3 is 9.67 Å². The van der Waals surface area contributed by atoms with Crippen molar-refractivity contribution in [2.45, 2.75) is 26.0 Å². The minimum Gasteiger partial charge on any atom is -0.388 e. The molecule has 4 nitrogen and oxygen atoms in total. The Morgan fingerprint density at radius 2 is 2.36 bits per heavy atom. The maximum atomic E-state index is 8.98. The van der Waals surface area contributed by atoms with Crippen molar-refractivity contribution in [3.63, 3.8) is 0 Å². The van der Waals surface area contributed by atoms with E-state index in [1.807, 2.05) is 16.3 Å². The Morgan fingerprint density at radius 1 is 1.57 bits per heavy atom. The number of aromatic amines is 1. The van der Waals surface area contributed by atoms with E-state index in [0.717, 1.165) is 13.0 Å². The van der Waals surface area contributed by atoms with Crippen molar-refractivity contribution in [2.75, 3.05) is 12.0 Å². The van der Waals surface area contributed by atoms with Gasteiger partial charge in [-0.15, -0.1) is 0 Å². The quantitative estimate of drug-likeness (QED) is 0.578. The summed E-state index contributed by atoms with van der Waals surface area (Å²) in [6.07, 6.45) is 4.34. The number of unbranched alkanes of at least 4 members (excludes halogenated alkanes) is 1. The fourth-order valence-corrected chi connectivity index (χ4v) is 1.95. The SMILES string of the molecule is CSCCCCn1c(CO)n[nH]c1=S. The van der Waals surface area contributed by atoms with Crippen LogP contribution >= 0.6 is 24.0 Å². The molecule has 0 unspecified atom stereocenters. The number of H-pyrrole nitrogens is 1. The van der Waals surface area contributed by atoms with Gasteiger partial charge in [0.2, 0.25) is 0 Å². The van der Waals surface area contributed by atoms with Crippen molar-refractivity contribution < 1.29 is 5.11 Å². The molecule has 0 fully saturated rings. The molecule has 0 aliphatic carbocycles. The van der Waals surface area contributed by atoms with Crippen LogP contribution in [-0.2, 0) is 13.2 Å². The van der Waals surface area contributed by atoms with Gasteiger partial charge in [-0.05, 0) is 37.1 Å². The number of nitrogens with zero attached hydrogens (tertiary/aromatic N) is 2. The highest BCUT2D eigenvalue weighted by molar-refractivity contribution is 7.98. The number of nitrogens with one attached hydrogen (secondary N) is 1. The topological polar surface area (TPSA) is 53.8 Å². The number of hydrogen-bond acceptors (Lipinski definition) is 4. The van der Waals surface area contributed by atoms with E-state index in [4.69, 9.17) is 17.3 Å². The zero-order chi connectivity index (χ0) is 10.4. The lowest BCUT2D eigenvalue weighted by atomic mass is 10.3. The lowest BCUT2D eigenvalue weighted by molar-refractivity contribution is 0.264. The average molecular weight is 233 g/mol. The van der Waals surface area contributed by atoms with Crippen LogP contribution in [0.3, 0.4) is 0 Å². The Morgan fingerprint density at radius 3 is 3.00 bits per heavy atom. The summed E-state index contributed by atoms with van der Waals surface area (Å²) in [6.45, 7) is 0.779. The lowest BCUT2D eigenvalue weighted by Gasteiger charge is -2.03. The van der Waals surface area contributed by atoms with Crippen LogP contribution in [0.25, 0.3) is 0 Å². The summed E-state index contributed by atoms with van der Waals surface area (Å²) < 4.78 is 2.45. The minimum absolute atomic E-state index is 0.0599. The monoisotopic (exact) mass is 233 g/mol. The first kappa shape index (κ1) is 11.7. The minimum atomic E-state index is -0.0599. The van der Waals surface area contributed by atoms with Crippen LogP contribution in [0.5, 0.6) is 0 Å². The van der Waals surface area contributed by atoms with E-state index >= 15 is 0 Å². The maximum absolute atomic E-state index is 8.98. The summed E-state index contributed by atoms with van der Waals surface area (Å²) in [5, 5.41) is 15.6. The van der Waals surface area contributed by atoms with E-state index in [0.29, 0.717) is 10.6 Å². The van der Waals surface area contributed by atoms with Crippen molar-refractivity contribution in [3.8, 4) is 0 Å². The number of aliphatic hydroxyl groups excluding tert-OH is 1. The molecule has 1 heterocycles. The molecule has 80 valence electrons. The summed E-state index contributed by atoms with van der Waals surface area (Å²) in [4.78, 5) is 0. The van der Waals surface area contributed by atoms with Crippen molar-refractivity contribution in [2.24, 2.45) is 0 Å². The van der Waals surface area contributed by atoms with Crippen LogP contribution in [0.4, 0.5) is 0 Å². The average Bonchev–Trinajstić information content (AvgIpc) is 2.55. The fourth-order valence-electron chi connectivity index (χ4n) is 1.22. The number of rotatable bonds is 6. The molecule has 2 N–H and O–H groups in total. The summed E-state index contributed by atoms with van der Waals surface area (Å²) >= 11 is 6.89. The van der Waals surface area contributed by atoms with Gasteiger partial charge in [-0.2, -0.15) is 16.9 Å². The molecular formula is C8H15N3OS2. The van der Waals surface area contributed by atoms with E-state index in [2.05, 4.69) is 16.5 Å². The Kier molecular flexibility index (Phi) is 5.21. The Hall–Kier alpha value is -0.330. The highest BCUT2D eigenvalue weighted by Gasteiger charge is 2.03. The second kappa shape index (κ2) is 6.21. The molecule has 0 atom stereocenters. The van der Waals surface area contributed by atoms with Crippen molar-refractivity contribution in [1.82, 2.24) is 14.8 Å². The van der Waals surface area contributed by atoms with Gasteiger partial charge in [-0.1, -0.05) is 0 Å². The van der Waals surface area contributed by atoms with Gasteiger partial charge in [-0.3, -0.25) is 5.10 Å². The highest BCUT2D eigenvalue weighted by atomic mass is 32.2. The summed E-state index contributed by atoms with van der Waals surface area (Å²) in [5.74, 6) is 1.79. The van der Waals surface area contributed by atoms with E-state index < -0.39 is 0 Å². The Bertz CT molecular complexity index is 321. The van der Waals surface area contributed by atoms with Gasteiger partial charge in [0.15, 0.2) is 10.6 Å². The molecule has 0 saturated carbocycles. The van der Waals surface area contributed by atoms with Crippen molar-refractivity contribution in [3.05, 3.63) is 10.6 Å². The molecule has 0 aromatic carbocycles. The van der Waals surface area contributed by atoms with Gasteiger partial charge in [0.05, 0.1) is 0 Å². The van der Waals surface area contributed by atoms with E-state index in [1.165, 1.54) is 12.2 Å². The molecule has 14 heavy (non-hydrogen) atoms. The zero-order valence-corrected chi connectivity index (χ0v) is 9.83.